The Morgan fingerprint density at radius 3 is 2.16 bits per heavy atom. The van der Waals surface area contributed by atoms with Gasteiger partial charge < -0.3 is 19.2 Å². The first-order valence-corrected chi connectivity index (χ1v) is 27.5. The Labute approximate surface area is 389 Å². The molecule has 4 aliphatic carbocycles. The summed E-state index contributed by atoms with van der Waals surface area (Å²) >= 11 is 0. The van der Waals surface area contributed by atoms with Crippen LogP contribution >= 0.6 is 8.15 Å². The lowest BCUT2D eigenvalue weighted by molar-refractivity contribution is 0.0862. The SMILES string of the molecule is C=C1/C(=C\COP(c2ccccc2)c2ccccc2)C[C@H](C)C[C@@H]1O[Si](C)(C)C(C)(C)C.[2H]C([2H])([2H])C([C@@H](C)/C=C/[C@@H](C)[C@H]1CC[C@H]2/C(=C/C=C3/C[C@H](O)C[C@H](O)C3=C)CCC[C@]12C)C([2H])([2H])[2H]. The topological polar surface area (TPSA) is 58.9 Å². The van der Waals surface area contributed by atoms with Gasteiger partial charge >= 0.3 is 0 Å². The van der Waals surface area contributed by atoms with Crippen molar-refractivity contribution < 1.29 is 27.4 Å². The molecule has 0 bridgehead atoms. The van der Waals surface area contributed by atoms with Gasteiger partial charge in [-0.25, -0.2) is 0 Å². The van der Waals surface area contributed by atoms with Crippen molar-refractivity contribution in [1.29, 1.82) is 0 Å². The van der Waals surface area contributed by atoms with Gasteiger partial charge in [-0.3, -0.25) is 0 Å². The molecule has 0 amide bonds. The van der Waals surface area contributed by atoms with Gasteiger partial charge in [0.25, 0.3) is 0 Å². The Morgan fingerprint density at radius 2 is 1.55 bits per heavy atom. The number of rotatable bonds is 12. The predicted molar refractivity (Wildman–Crippen MR) is 270 cm³/mol. The quantitative estimate of drug-likeness (QED) is 0.127. The summed E-state index contributed by atoms with van der Waals surface area (Å²) in [6.45, 7) is 24.2. The number of aliphatic hydroxyl groups is 2. The lowest BCUT2D eigenvalue weighted by atomic mass is 9.61. The van der Waals surface area contributed by atoms with Crippen molar-refractivity contribution in [3.63, 3.8) is 0 Å². The van der Waals surface area contributed by atoms with Gasteiger partial charge in [0.2, 0.25) is 0 Å². The second kappa shape index (κ2) is 22.0. The van der Waals surface area contributed by atoms with Crippen molar-refractivity contribution in [2.24, 2.45) is 40.9 Å². The zero-order valence-corrected chi connectivity index (χ0v) is 41.4. The summed E-state index contributed by atoms with van der Waals surface area (Å²) in [6.07, 6.45) is 17.8. The minimum absolute atomic E-state index is 0.121. The molecule has 6 rings (SSSR count). The molecule has 340 valence electrons. The lowest BCUT2D eigenvalue weighted by Gasteiger charge is -2.44. The molecule has 2 aromatic rings. The van der Waals surface area contributed by atoms with Crippen LogP contribution in [0.2, 0.25) is 18.1 Å². The first-order valence-electron chi connectivity index (χ1n) is 26.4. The van der Waals surface area contributed by atoms with Crippen LogP contribution in [0.5, 0.6) is 0 Å². The normalized spacial score (nSPS) is 32.1. The van der Waals surface area contributed by atoms with Crippen LogP contribution in [-0.4, -0.2) is 43.4 Å². The highest BCUT2D eigenvalue weighted by molar-refractivity contribution is 7.68. The zero-order valence-electron chi connectivity index (χ0n) is 45.5. The third-order valence-corrected chi connectivity index (χ3v) is 21.4. The van der Waals surface area contributed by atoms with Crippen LogP contribution in [0.15, 0.2) is 132 Å². The van der Waals surface area contributed by atoms with E-state index in [2.05, 4.69) is 153 Å². The molecule has 6 heteroatoms. The van der Waals surface area contributed by atoms with Gasteiger partial charge in [0, 0.05) is 25.3 Å². The fourth-order valence-corrected chi connectivity index (χ4v) is 13.0. The average Bonchev–Trinajstić information content (AvgIpc) is 3.60. The summed E-state index contributed by atoms with van der Waals surface area (Å²) in [5, 5.41) is 22.9. The highest BCUT2D eigenvalue weighted by atomic mass is 31.1. The van der Waals surface area contributed by atoms with E-state index in [0.717, 1.165) is 56.1 Å². The summed E-state index contributed by atoms with van der Waals surface area (Å²) in [7, 11) is -2.70. The molecule has 0 aliphatic heterocycles. The van der Waals surface area contributed by atoms with E-state index < -0.39 is 54.2 Å². The number of hydrogen-bond donors (Lipinski definition) is 2. The van der Waals surface area contributed by atoms with Crippen molar-refractivity contribution >= 4 is 27.1 Å². The average molecular weight is 885 g/mol. The fraction of sp³-hybridized carbons (Fsp3) is 0.571. The number of allylic oxidation sites excluding steroid dienone is 5. The highest BCUT2D eigenvalue weighted by Crippen LogP contribution is 2.59. The van der Waals surface area contributed by atoms with E-state index in [9.17, 15) is 10.2 Å². The molecule has 2 aromatic carbocycles. The number of aliphatic hydroxyl groups excluding tert-OH is 2. The lowest BCUT2D eigenvalue weighted by Crippen LogP contribution is -2.45. The number of benzene rings is 2. The molecule has 4 nitrogen and oxygen atoms in total. The van der Waals surface area contributed by atoms with Crippen molar-refractivity contribution in [3.8, 4) is 0 Å². The van der Waals surface area contributed by atoms with Crippen molar-refractivity contribution in [2.45, 2.75) is 156 Å². The second-order valence-electron chi connectivity index (χ2n) is 20.7. The Bertz CT molecular complexity index is 2070. The largest absolute Gasteiger partial charge is 0.410 e. The molecular weight excluding hydrogens is 796 g/mol. The summed E-state index contributed by atoms with van der Waals surface area (Å²) in [4.78, 5) is 0. The third-order valence-electron chi connectivity index (χ3n) is 14.9. The zero-order chi connectivity index (χ0) is 50.4. The fourth-order valence-electron chi connectivity index (χ4n) is 10.0. The van der Waals surface area contributed by atoms with Crippen LogP contribution in [-0.2, 0) is 8.95 Å². The molecule has 4 aliphatic rings. The molecule has 4 saturated carbocycles. The number of fused-ring (bicyclic) bond motifs is 1. The van der Waals surface area contributed by atoms with E-state index in [1.165, 1.54) is 21.8 Å². The molecule has 62 heavy (non-hydrogen) atoms. The molecule has 9 atom stereocenters. The Balaban J connectivity index is 0.000000256. The Hall–Kier alpha value is -2.63. The molecule has 0 spiro atoms. The predicted octanol–water partition coefficient (Wildman–Crippen LogP) is 14.0. The minimum atomic E-state index is -2.53. The molecule has 0 radical (unpaired) electrons. The maximum absolute atomic E-state index is 10.2. The van der Waals surface area contributed by atoms with Crippen LogP contribution in [0.4, 0.5) is 0 Å². The van der Waals surface area contributed by atoms with Crippen molar-refractivity contribution in [2.75, 3.05) is 6.61 Å². The molecule has 0 saturated heterocycles. The summed E-state index contributed by atoms with van der Waals surface area (Å²) < 4.78 is 59.8. The van der Waals surface area contributed by atoms with Crippen molar-refractivity contribution in [3.05, 3.63) is 132 Å². The monoisotopic (exact) mass is 885 g/mol. The van der Waals surface area contributed by atoms with Crippen LogP contribution in [0.25, 0.3) is 0 Å². The molecule has 4 fully saturated rings. The first kappa shape index (κ1) is 42.0. The van der Waals surface area contributed by atoms with Crippen LogP contribution < -0.4 is 10.6 Å². The van der Waals surface area contributed by atoms with Gasteiger partial charge in [-0.2, -0.15) is 0 Å². The van der Waals surface area contributed by atoms with E-state index >= 15 is 0 Å². The van der Waals surface area contributed by atoms with E-state index in [4.69, 9.17) is 17.2 Å². The summed E-state index contributed by atoms with van der Waals surface area (Å²) in [5.74, 6) is -0.228. The van der Waals surface area contributed by atoms with Gasteiger partial charge in [0.05, 0.1) is 33.1 Å². The van der Waals surface area contributed by atoms with Gasteiger partial charge in [-0.05, 0) is 133 Å². The second-order valence-corrected chi connectivity index (χ2v) is 27.3. The van der Waals surface area contributed by atoms with Gasteiger partial charge in [0.15, 0.2) is 8.32 Å². The Morgan fingerprint density at radius 1 is 0.903 bits per heavy atom. The molecule has 0 aromatic heterocycles. The van der Waals surface area contributed by atoms with E-state index in [0.29, 0.717) is 42.8 Å². The number of hydrogen-bond acceptors (Lipinski definition) is 4. The van der Waals surface area contributed by atoms with Crippen LogP contribution in [0.3, 0.4) is 0 Å². The van der Waals surface area contributed by atoms with E-state index in [-0.39, 0.29) is 22.5 Å². The van der Waals surface area contributed by atoms with Crippen molar-refractivity contribution in [1.82, 2.24) is 0 Å². The van der Waals surface area contributed by atoms with E-state index in [1.807, 2.05) is 6.08 Å². The summed E-state index contributed by atoms with van der Waals surface area (Å²) in [6, 6.07) is 21.1. The highest BCUT2D eigenvalue weighted by Gasteiger charge is 2.50. The molecule has 2 N–H and O–H groups in total. The van der Waals surface area contributed by atoms with Crippen LogP contribution in [0, 0.1) is 40.9 Å². The van der Waals surface area contributed by atoms with Gasteiger partial charge in [-0.1, -0.05) is 172 Å². The van der Waals surface area contributed by atoms with Crippen LogP contribution in [0.1, 0.15) is 128 Å². The molecule has 0 heterocycles. The maximum Gasteiger partial charge on any atom is 0.192 e. The van der Waals surface area contributed by atoms with Gasteiger partial charge in [0.1, 0.15) is 0 Å². The smallest absolute Gasteiger partial charge is 0.192 e. The first-order chi connectivity index (χ1) is 31.6. The minimum Gasteiger partial charge on any atom is -0.410 e. The molecule has 0 unspecified atom stereocenters. The summed E-state index contributed by atoms with van der Waals surface area (Å²) in [5.41, 5.74) is 5.66. The van der Waals surface area contributed by atoms with E-state index in [1.54, 1.807) is 6.92 Å². The maximum atomic E-state index is 10.2. The standard InChI is InChI=1S/C28H39O2PSi.C28H44O2/c1-22-20-24(23(2)27(21-22)30-32(6,7)28(3,4)5)18-19-29-31(25-14-10-8-11-15-25)26-16-12-9-13-17-26;1-18(2)19(3)9-10-20(4)25-13-14-26-22(8-7-15-28(25,26)6)11-12-23-16-24(29)17-27(30)21(23)5/h8-18,22,27H,2,19-21H2,1,3-7H3;9-12,18-20,24-27,29-30H,5,7-8,13-17H2,1-4,6H3/b24-18-;10-9+,22-11+,23-12-/t22-,27-;19-,20+,24-,25+,26-,27-,28+/m00/s1/i;1D3,2D3. The Kier molecular flexibility index (Phi) is 14.9. The third kappa shape index (κ3) is 12.8. The van der Waals surface area contributed by atoms with Gasteiger partial charge in [-0.15, -0.1) is 0 Å². The molecular formula is C56H83O4PSi.